The number of carbonyl (C=O) groups excluding carboxylic acids is 2. The van der Waals surface area contributed by atoms with Crippen molar-refractivity contribution in [1.29, 1.82) is 0 Å². The van der Waals surface area contributed by atoms with Crippen molar-refractivity contribution in [1.82, 2.24) is 14.1 Å². The maximum Gasteiger partial charge on any atom is 0.269 e. The number of sulfonamides is 1. The third-order valence-electron chi connectivity index (χ3n) is 5.29. The van der Waals surface area contributed by atoms with Crippen molar-refractivity contribution < 1.29 is 22.9 Å². The molecule has 170 valence electrons. The second kappa shape index (κ2) is 9.45. The molecular formula is C21H24N4O6S. The Morgan fingerprint density at radius 3 is 2.34 bits per heavy atom. The Balaban J connectivity index is 1.75. The lowest BCUT2D eigenvalue weighted by molar-refractivity contribution is -0.384. The van der Waals surface area contributed by atoms with Crippen LogP contribution in [0.1, 0.15) is 22.8 Å². The molecule has 0 atom stereocenters. The molecule has 0 spiro atoms. The standard InChI is InChI=1S/C21H24N4O6S/c1-16(26)23-9-11-24(12-10-23)32(30,31)20-8-4-6-18(14-20)21(27)22(2)15-17-5-3-7-19(13-17)25(28)29/h3-8,13-14H,9-12,15H2,1-2H3. The molecule has 0 radical (unpaired) electrons. The van der Waals surface area contributed by atoms with Gasteiger partial charge in [-0.15, -0.1) is 0 Å². The summed E-state index contributed by atoms with van der Waals surface area (Å²) in [7, 11) is -2.27. The number of hydrogen-bond acceptors (Lipinski definition) is 6. The van der Waals surface area contributed by atoms with Gasteiger partial charge in [0.2, 0.25) is 15.9 Å². The van der Waals surface area contributed by atoms with Gasteiger partial charge in [-0.25, -0.2) is 8.42 Å². The molecule has 10 nitrogen and oxygen atoms in total. The Morgan fingerprint density at radius 2 is 1.72 bits per heavy atom. The monoisotopic (exact) mass is 460 g/mol. The largest absolute Gasteiger partial charge is 0.340 e. The van der Waals surface area contributed by atoms with E-state index in [0.29, 0.717) is 18.7 Å². The first-order chi connectivity index (χ1) is 15.1. The van der Waals surface area contributed by atoms with Gasteiger partial charge < -0.3 is 9.80 Å². The van der Waals surface area contributed by atoms with E-state index in [9.17, 15) is 28.1 Å². The Hall–Kier alpha value is -3.31. The van der Waals surface area contributed by atoms with E-state index in [1.165, 1.54) is 52.5 Å². The first kappa shape index (κ1) is 23.4. The summed E-state index contributed by atoms with van der Waals surface area (Å²) in [5.41, 5.74) is 0.713. The molecule has 1 aliphatic rings. The minimum Gasteiger partial charge on any atom is -0.340 e. The van der Waals surface area contributed by atoms with Crippen LogP contribution in [0, 0.1) is 10.1 Å². The molecule has 0 N–H and O–H groups in total. The maximum absolute atomic E-state index is 13.0. The molecule has 1 aliphatic heterocycles. The molecule has 2 aromatic carbocycles. The average molecular weight is 461 g/mol. The summed E-state index contributed by atoms with van der Waals surface area (Å²) in [6.07, 6.45) is 0. The first-order valence-electron chi connectivity index (χ1n) is 9.94. The second-order valence-corrected chi connectivity index (χ2v) is 9.46. The van der Waals surface area contributed by atoms with Crippen LogP contribution in [-0.4, -0.2) is 72.5 Å². The van der Waals surface area contributed by atoms with Crippen LogP contribution in [0.4, 0.5) is 5.69 Å². The van der Waals surface area contributed by atoms with Crippen molar-refractivity contribution >= 4 is 27.5 Å². The molecule has 2 aromatic rings. The fourth-order valence-corrected chi connectivity index (χ4v) is 4.99. The molecule has 1 fully saturated rings. The highest BCUT2D eigenvalue weighted by Crippen LogP contribution is 2.21. The van der Waals surface area contributed by atoms with Crippen molar-refractivity contribution in [3.8, 4) is 0 Å². The van der Waals surface area contributed by atoms with Crippen LogP contribution in [0.25, 0.3) is 0 Å². The minimum atomic E-state index is -3.82. The fraction of sp³-hybridized carbons (Fsp3) is 0.333. The number of nitrogens with zero attached hydrogens (tertiary/aromatic N) is 4. The molecule has 1 heterocycles. The fourth-order valence-electron chi connectivity index (χ4n) is 3.52. The highest BCUT2D eigenvalue weighted by Gasteiger charge is 2.29. The number of carbonyl (C=O) groups is 2. The molecule has 1 saturated heterocycles. The van der Waals surface area contributed by atoms with E-state index >= 15 is 0 Å². The quantitative estimate of drug-likeness (QED) is 0.478. The van der Waals surface area contributed by atoms with Crippen molar-refractivity contribution in [3.63, 3.8) is 0 Å². The Morgan fingerprint density at radius 1 is 1.06 bits per heavy atom. The summed E-state index contributed by atoms with van der Waals surface area (Å²) in [6, 6.07) is 11.8. The Bertz CT molecular complexity index is 1140. The van der Waals surface area contributed by atoms with Crippen LogP contribution in [-0.2, 0) is 21.4 Å². The highest BCUT2D eigenvalue weighted by molar-refractivity contribution is 7.89. The highest BCUT2D eigenvalue weighted by atomic mass is 32.2. The van der Waals surface area contributed by atoms with Crippen molar-refractivity contribution in [3.05, 3.63) is 69.8 Å². The number of benzene rings is 2. The summed E-state index contributed by atoms with van der Waals surface area (Å²) < 4.78 is 27.4. The molecule has 0 saturated carbocycles. The number of hydrogen-bond donors (Lipinski definition) is 0. The lowest BCUT2D eigenvalue weighted by atomic mass is 10.1. The van der Waals surface area contributed by atoms with Gasteiger partial charge in [0.15, 0.2) is 0 Å². The average Bonchev–Trinajstić information content (AvgIpc) is 2.78. The van der Waals surface area contributed by atoms with Crippen molar-refractivity contribution in [2.75, 3.05) is 33.2 Å². The zero-order valence-electron chi connectivity index (χ0n) is 17.8. The van der Waals surface area contributed by atoms with Gasteiger partial charge in [0.25, 0.3) is 11.6 Å². The van der Waals surface area contributed by atoms with E-state index in [2.05, 4.69) is 0 Å². The third-order valence-corrected chi connectivity index (χ3v) is 7.19. The van der Waals surface area contributed by atoms with Crippen LogP contribution >= 0.6 is 0 Å². The predicted octanol–water partition coefficient (Wildman–Crippen LogP) is 1.72. The molecule has 0 aromatic heterocycles. The smallest absolute Gasteiger partial charge is 0.269 e. The predicted molar refractivity (Wildman–Crippen MR) is 116 cm³/mol. The molecule has 32 heavy (non-hydrogen) atoms. The number of piperazine rings is 1. The first-order valence-corrected chi connectivity index (χ1v) is 11.4. The second-order valence-electron chi connectivity index (χ2n) is 7.53. The van der Waals surface area contributed by atoms with E-state index in [1.54, 1.807) is 24.1 Å². The van der Waals surface area contributed by atoms with E-state index in [1.807, 2.05) is 0 Å². The van der Waals surface area contributed by atoms with E-state index in [-0.39, 0.29) is 41.7 Å². The zero-order chi connectivity index (χ0) is 23.5. The van der Waals surface area contributed by atoms with Gasteiger partial charge in [0.05, 0.1) is 9.82 Å². The molecule has 3 rings (SSSR count). The Labute approximate surface area is 186 Å². The SMILES string of the molecule is CC(=O)N1CCN(S(=O)(=O)c2cccc(C(=O)N(C)Cc3cccc([N+](=O)[O-])c3)c2)CC1. The van der Waals surface area contributed by atoms with E-state index in [0.717, 1.165) is 0 Å². The number of nitro groups is 1. The minimum absolute atomic E-state index is 0.00312. The van der Waals surface area contributed by atoms with Gasteiger partial charge in [-0.2, -0.15) is 4.31 Å². The molecule has 0 unspecified atom stereocenters. The topological polar surface area (TPSA) is 121 Å². The number of non-ortho nitro benzene ring substituents is 1. The van der Waals surface area contributed by atoms with Crippen molar-refractivity contribution in [2.24, 2.45) is 0 Å². The number of rotatable bonds is 6. The lowest BCUT2D eigenvalue weighted by Crippen LogP contribution is -2.49. The van der Waals surface area contributed by atoms with Gasteiger partial charge in [-0.3, -0.25) is 19.7 Å². The van der Waals surface area contributed by atoms with Crippen LogP contribution < -0.4 is 0 Å². The molecule has 0 bridgehead atoms. The lowest BCUT2D eigenvalue weighted by Gasteiger charge is -2.33. The summed E-state index contributed by atoms with van der Waals surface area (Å²) in [6.45, 7) is 2.59. The molecular weight excluding hydrogens is 436 g/mol. The normalized spacial score (nSPS) is 14.8. The summed E-state index contributed by atoms with van der Waals surface area (Å²) >= 11 is 0. The Kier molecular flexibility index (Phi) is 6.90. The zero-order valence-corrected chi connectivity index (χ0v) is 18.6. The van der Waals surface area contributed by atoms with Crippen LogP contribution in [0.2, 0.25) is 0 Å². The van der Waals surface area contributed by atoms with Gasteiger partial charge in [0.1, 0.15) is 0 Å². The van der Waals surface area contributed by atoms with E-state index in [4.69, 9.17) is 0 Å². The van der Waals surface area contributed by atoms with Crippen LogP contribution in [0.3, 0.4) is 0 Å². The number of nitro benzene ring substituents is 1. The van der Waals surface area contributed by atoms with Crippen LogP contribution in [0.15, 0.2) is 53.4 Å². The van der Waals surface area contributed by atoms with Gasteiger partial charge in [-0.05, 0) is 23.8 Å². The molecule has 11 heteroatoms. The molecule has 0 aliphatic carbocycles. The van der Waals surface area contributed by atoms with Gasteiger partial charge >= 0.3 is 0 Å². The van der Waals surface area contributed by atoms with Crippen molar-refractivity contribution in [2.45, 2.75) is 18.4 Å². The van der Waals surface area contributed by atoms with E-state index < -0.39 is 20.9 Å². The summed E-state index contributed by atoms with van der Waals surface area (Å²) in [5, 5.41) is 11.0. The van der Waals surface area contributed by atoms with Gasteiger partial charge in [0, 0.05) is 64.4 Å². The van der Waals surface area contributed by atoms with Crippen LogP contribution in [0.5, 0.6) is 0 Å². The number of amides is 2. The molecule has 2 amide bonds. The third kappa shape index (κ3) is 5.11. The summed E-state index contributed by atoms with van der Waals surface area (Å²) in [4.78, 5) is 37.8. The maximum atomic E-state index is 13.0. The van der Waals surface area contributed by atoms with Gasteiger partial charge in [-0.1, -0.05) is 18.2 Å². The summed E-state index contributed by atoms with van der Waals surface area (Å²) in [5.74, 6) is -0.503.